The summed E-state index contributed by atoms with van der Waals surface area (Å²) in [6.07, 6.45) is 10.3. The van der Waals surface area contributed by atoms with Crippen molar-refractivity contribution in [3.05, 3.63) is 0 Å². The molecule has 0 spiro atoms. The second-order valence-electron chi connectivity index (χ2n) is 7.70. The van der Waals surface area contributed by atoms with Crippen LogP contribution in [-0.4, -0.2) is 35.2 Å². The fourth-order valence-corrected chi connectivity index (χ4v) is 4.32. The molecule has 20 heavy (non-hydrogen) atoms. The smallest absolute Gasteiger partial charge is 0.0580 e. The summed E-state index contributed by atoms with van der Waals surface area (Å²) in [5.41, 5.74) is 0. The summed E-state index contributed by atoms with van der Waals surface area (Å²) in [7, 11) is 0. The third-order valence-corrected chi connectivity index (χ3v) is 5.54. The van der Waals surface area contributed by atoms with Gasteiger partial charge in [0.1, 0.15) is 0 Å². The maximum atomic E-state index is 10.4. The Kier molecular flexibility index (Phi) is 6.35. The zero-order chi connectivity index (χ0) is 14.5. The lowest BCUT2D eigenvalue weighted by atomic mass is 9.78. The van der Waals surface area contributed by atoms with Crippen molar-refractivity contribution >= 4 is 0 Å². The van der Waals surface area contributed by atoms with Gasteiger partial charge in [-0.3, -0.25) is 4.90 Å². The molecular weight excluding hydrogens is 246 g/mol. The average molecular weight is 281 g/mol. The molecule has 0 radical (unpaired) electrons. The van der Waals surface area contributed by atoms with E-state index in [1.54, 1.807) is 0 Å². The van der Waals surface area contributed by atoms with Crippen LogP contribution in [0.5, 0.6) is 0 Å². The molecule has 2 rings (SSSR count). The highest BCUT2D eigenvalue weighted by molar-refractivity contribution is 4.85. The van der Waals surface area contributed by atoms with Crippen LogP contribution >= 0.6 is 0 Å². The summed E-state index contributed by atoms with van der Waals surface area (Å²) in [6.45, 7) is 9.32. The van der Waals surface area contributed by atoms with Gasteiger partial charge in [0.25, 0.3) is 0 Å². The predicted octanol–water partition coefficient (Wildman–Crippen LogP) is 4.07. The largest absolute Gasteiger partial charge is 0.393 e. The lowest BCUT2D eigenvalue weighted by Gasteiger charge is -2.39. The zero-order valence-electron chi connectivity index (χ0n) is 13.9. The van der Waals surface area contributed by atoms with Gasteiger partial charge in [-0.05, 0) is 49.9 Å². The summed E-state index contributed by atoms with van der Waals surface area (Å²) >= 11 is 0. The van der Waals surface area contributed by atoms with Gasteiger partial charge < -0.3 is 5.11 Å². The molecule has 3 atom stereocenters. The molecule has 118 valence electrons. The molecule has 2 nitrogen and oxygen atoms in total. The molecule has 2 fully saturated rings. The minimum atomic E-state index is -0.0473. The maximum absolute atomic E-state index is 10.4. The van der Waals surface area contributed by atoms with Gasteiger partial charge in [0, 0.05) is 19.1 Å². The van der Waals surface area contributed by atoms with Gasteiger partial charge in [0.15, 0.2) is 0 Å². The lowest BCUT2D eigenvalue weighted by molar-refractivity contribution is 0.0157. The minimum Gasteiger partial charge on any atom is -0.393 e. The van der Waals surface area contributed by atoms with Crippen molar-refractivity contribution in [3.8, 4) is 0 Å². The Balaban J connectivity index is 1.94. The van der Waals surface area contributed by atoms with Crippen LogP contribution in [-0.2, 0) is 0 Å². The Bertz CT molecular complexity index is 273. The summed E-state index contributed by atoms with van der Waals surface area (Å²) in [4.78, 5) is 2.73. The number of rotatable bonds is 6. The molecule has 1 N–H and O–H groups in total. The third-order valence-electron chi connectivity index (χ3n) is 5.54. The fraction of sp³-hybridized carbons (Fsp3) is 1.00. The van der Waals surface area contributed by atoms with Gasteiger partial charge in [0.05, 0.1) is 6.10 Å². The molecular formula is C18H35NO. The first-order valence-electron chi connectivity index (χ1n) is 9.02. The van der Waals surface area contributed by atoms with E-state index in [2.05, 4.69) is 25.7 Å². The normalized spacial score (nSPS) is 32.4. The third kappa shape index (κ3) is 4.46. The molecule has 0 aromatic rings. The van der Waals surface area contributed by atoms with Crippen molar-refractivity contribution in [2.75, 3.05) is 13.1 Å². The zero-order valence-corrected chi connectivity index (χ0v) is 13.9. The molecule has 0 aromatic carbocycles. The van der Waals surface area contributed by atoms with E-state index in [9.17, 15) is 5.11 Å². The second-order valence-corrected chi connectivity index (χ2v) is 7.70. The van der Waals surface area contributed by atoms with Crippen molar-refractivity contribution < 1.29 is 5.11 Å². The summed E-state index contributed by atoms with van der Waals surface area (Å²) in [6, 6.07) is 0.798. The number of hydrogen-bond acceptors (Lipinski definition) is 2. The summed E-state index contributed by atoms with van der Waals surface area (Å²) in [5.74, 6) is 2.11. The van der Waals surface area contributed by atoms with Crippen LogP contribution < -0.4 is 0 Å². The van der Waals surface area contributed by atoms with Crippen LogP contribution in [0.15, 0.2) is 0 Å². The molecule has 2 saturated carbocycles. The van der Waals surface area contributed by atoms with Crippen LogP contribution in [0.3, 0.4) is 0 Å². The van der Waals surface area contributed by atoms with E-state index < -0.39 is 0 Å². The molecule has 3 unspecified atom stereocenters. The van der Waals surface area contributed by atoms with Gasteiger partial charge >= 0.3 is 0 Å². The van der Waals surface area contributed by atoms with Crippen LogP contribution in [0.4, 0.5) is 0 Å². The maximum Gasteiger partial charge on any atom is 0.0580 e. The number of aliphatic hydroxyl groups is 1. The Morgan fingerprint density at radius 3 is 2.40 bits per heavy atom. The SMILES string of the molecule is CCC1CCC(O)C(CN(CC(C)C)C2CCCC2)C1. The quantitative estimate of drug-likeness (QED) is 0.793. The Morgan fingerprint density at radius 1 is 1.10 bits per heavy atom. The molecule has 0 aromatic heterocycles. The van der Waals surface area contributed by atoms with Crippen LogP contribution in [0.2, 0.25) is 0 Å². The van der Waals surface area contributed by atoms with Gasteiger partial charge in [-0.15, -0.1) is 0 Å². The standard InChI is InChI=1S/C18H35NO/c1-4-15-9-10-18(20)16(11-15)13-19(12-14(2)3)17-7-5-6-8-17/h14-18,20H,4-13H2,1-3H3. The topological polar surface area (TPSA) is 23.5 Å². The molecule has 0 bridgehead atoms. The first-order valence-corrected chi connectivity index (χ1v) is 9.02. The molecule has 0 aliphatic heterocycles. The monoisotopic (exact) mass is 281 g/mol. The molecule has 0 amide bonds. The Hall–Kier alpha value is -0.0800. The fourth-order valence-electron chi connectivity index (χ4n) is 4.32. The minimum absolute atomic E-state index is 0.0473. The van der Waals surface area contributed by atoms with E-state index in [1.165, 1.54) is 51.5 Å². The molecule has 2 heteroatoms. The number of hydrogen-bond donors (Lipinski definition) is 1. The van der Waals surface area contributed by atoms with E-state index in [-0.39, 0.29) is 6.10 Å². The molecule has 0 saturated heterocycles. The van der Waals surface area contributed by atoms with Crippen LogP contribution in [0, 0.1) is 17.8 Å². The van der Waals surface area contributed by atoms with E-state index in [4.69, 9.17) is 0 Å². The molecule has 0 heterocycles. The van der Waals surface area contributed by atoms with Crippen molar-refractivity contribution in [1.82, 2.24) is 4.90 Å². The first kappa shape index (κ1) is 16.3. The van der Waals surface area contributed by atoms with Crippen molar-refractivity contribution in [2.24, 2.45) is 17.8 Å². The van der Waals surface area contributed by atoms with Crippen molar-refractivity contribution in [3.63, 3.8) is 0 Å². The number of nitrogens with zero attached hydrogens (tertiary/aromatic N) is 1. The summed E-state index contributed by atoms with van der Waals surface area (Å²) < 4.78 is 0. The highest BCUT2D eigenvalue weighted by Gasteiger charge is 2.32. The Morgan fingerprint density at radius 2 is 1.80 bits per heavy atom. The van der Waals surface area contributed by atoms with Crippen LogP contribution in [0.1, 0.15) is 72.1 Å². The number of aliphatic hydroxyl groups excluding tert-OH is 1. The van der Waals surface area contributed by atoms with E-state index >= 15 is 0 Å². The Labute approximate surface area is 125 Å². The highest BCUT2D eigenvalue weighted by Crippen LogP contribution is 2.33. The molecule has 2 aliphatic rings. The van der Waals surface area contributed by atoms with Gasteiger partial charge in [0.2, 0.25) is 0 Å². The van der Waals surface area contributed by atoms with Gasteiger partial charge in [-0.25, -0.2) is 0 Å². The van der Waals surface area contributed by atoms with E-state index in [0.29, 0.717) is 5.92 Å². The van der Waals surface area contributed by atoms with Crippen molar-refractivity contribution in [1.29, 1.82) is 0 Å². The van der Waals surface area contributed by atoms with E-state index in [1.807, 2.05) is 0 Å². The van der Waals surface area contributed by atoms with Gasteiger partial charge in [-0.1, -0.05) is 40.0 Å². The molecule has 2 aliphatic carbocycles. The first-order chi connectivity index (χ1) is 9.60. The summed E-state index contributed by atoms with van der Waals surface area (Å²) in [5, 5.41) is 10.4. The van der Waals surface area contributed by atoms with E-state index in [0.717, 1.165) is 30.8 Å². The van der Waals surface area contributed by atoms with Crippen molar-refractivity contribution in [2.45, 2.75) is 84.3 Å². The lowest BCUT2D eigenvalue weighted by Crippen LogP contribution is -2.44. The van der Waals surface area contributed by atoms with Crippen LogP contribution in [0.25, 0.3) is 0 Å². The highest BCUT2D eigenvalue weighted by atomic mass is 16.3. The predicted molar refractivity (Wildman–Crippen MR) is 85.8 cm³/mol. The second kappa shape index (κ2) is 7.79. The van der Waals surface area contributed by atoms with Gasteiger partial charge in [-0.2, -0.15) is 0 Å². The average Bonchev–Trinajstić information content (AvgIpc) is 2.94.